The second kappa shape index (κ2) is 16.1. The number of benzene rings is 3. The maximum atomic E-state index is 14.2. The van der Waals surface area contributed by atoms with Gasteiger partial charge in [0.25, 0.3) is 5.56 Å². The van der Waals surface area contributed by atoms with Gasteiger partial charge in [0.05, 0.1) is 52.2 Å². The Hall–Kier alpha value is -3.70. The molecule has 48 heavy (non-hydrogen) atoms. The summed E-state index contributed by atoms with van der Waals surface area (Å²) in [5.74, 6) is 0.707. The molecule has 1 aliphatic rings. The van der Waals surface area contributed by atoms with Gasteiger partial charge in [0.15, 0.2) is 16.3 Å². The van der Waals surface area contributed by atoms with E-state index in [1.165, 1.54) is 29.2 Å². The second-order valence-electron chi connectivity index (χ2n) is 10.3. The third-order valence-electron chi connectivity index (χ3n) is 7.18. The number of aromatic nitrogens is 1. The Bertz CT molecular complexity index is 2050. The lowest BCUT2D eigenvalue weighted by Crippen LogP contribution is -2.39. The number of carbonyl (C=O) groups is 2. The van der Waals surface area contributed by atoms with Gasteiger partial charge in [0.2, 0.25) is 0 Å². The number of esters is 2. The maximum absolute atomic E-state index is 14.2. The first-order chi connectivity index (χ1) is 23.2. The third-order valence-corrected chi connectivity index (χ3v) is 9.60. The average Bonchev–Trinajstić information content (AvgIpc) is 3.39. The zero-order valence-electron chi connectivity index (χ0n) is 26.6. The monoisotopic (exact) mass is 894 g/mol. The lowest BCUT2D eigenvalue weighted by Gasteiger charge is -2.23. The van der Waals surface area contributed by atoms with Crippen molar-refractivity contribution in [2.24, 2.45) is 4.99 Å². The Balaban J connectivity index is 1.56. The number of hydrogen-bond acceptors (Lipinski definition) is 10. The summed E-state index contributed by atoms with van der Waals surface area (Å²) in [6, 6.07) is 15.5. The minimum absolute atomic E-state index is 0.213. The molecule has 5 rings (SSSR count). The van der Waals surface area contributed by atoms with E-state index in [1.54, 1.807) is 37.3 Å². The van der Waals surface area contributed by atoms with Gasteiger partial charge in [0.1, 0.15) is 12.4 Å². The van der Waals surface area contributed by atoms with E-state index < -0.39 is 12.0 Å². The Kier molecular flexibility index (Phi) is 12.0. The van der Waals surface area contributed by atoms with Gasteiger partial charge in [-0.25, -0.2) is 14.6 Å². The second-order valence-corrected chi connectivity index (χ2v) is 13.7. The quantitative estimate of drug-likeness (QED) is 0.130. The fourth-order valence-electron chi connectivity index (χ4n) is 5.08. The van der Waals surface area contributed by atoms with Crippen molar-refractivity contribution in [2.45, 2.75) is 33.4 Å². The van der Waals surface area contributed by atoms with Crippen molar-refractivity contribution < 1.29 is 33.3 Å². The topological polar surface area (TPSA) is 115 Å². The summed E-state index contributed by atoms with van der Waals surface area (Å²) in [5, 5.41) is 0. The van der Waals surface area contributed by atoms with Gasteiger partial charge in [-0.1, -0.05) is 29.5 Å². The summed E-state index contributed by atoms with van der Waals surface area (Å²) >= 11 is 5.66. The predicted octanol–water partition coefficient (Wildman–Crippen LogP) is 5.78. The Labute approximate surface area is 308 Å². The Morgan fingerprint density at radius 1 is 0.917 bits per heavy atom. The van der Waals surface area contributed by atoms with Crippen molar-refractivity contribution in [3.63, 3.8) is 0 Å². The molecule has 0 saturated carbocycles. The number of hydrogen-bond donors (Lipinski definition) is 0. The average molecular weight is 895 g/mol. The van der Waals surface area contributed by atoms with Gasteiger partial charge >= 0.3 is 11.9 Å². The van der Waals surface area contributed by atoms with Crippen LogP contribution in [0.25, 0.3) is 6.08 Å². The first kappa shape index (κ1) is 35.6. The predicted molar refractivity (Wildman–Crippen MR) is 199 cm³/mol. The van der Waals surface area contributed by atoms with Crippen molar-refractivity contribution in [3.8, 4) is 17.2 Å². The van der Waals surface area contributed by atoms with Crippen LogP contribution in [-0.2, 0) is 20.9 Å². The van der Waals surface area contributed by atoms with Crippen LogP contribution >= 0.6 is 56.5 Å². The van der Waals surface area contributed by atoms with Crippen LogP contribution in [-0.4, -0.2) is 43.4 Å². The molecule has 13 heteroatoms. The molecule has 1 aromatic heterocycles. The number of rotatable bonds is 12. The molecule has 2 heterocycles. The van der Waals surface area contributed by atoms with E-state index in [-0.39, 0.29) is 23.7 Å². The van der Waals surface area contributed by atoms with E-state index in [1.807, 2.05) is 44.2 Å². The number of thiazole rings is 1. The summed E-state index contributed by atoms with van der Waals surface area (Å²) in [7, 11) is 1.30. The zero-order chi connectivity index (χ0) is 34.4. The van der Waals surface area contributed by atoms with Crippen LogP contribution < -0.4 is 29.1 Å². The molecule has 1 atom stereocenters. The summed E-state index contributed by atoms with van der Waals surface area (Å²) in [4.78, 5) is 44.1. The van der Waals surface area contributed by atoms with Crippen molar-refractivity contribution in [3.05, 3.63) is 115 Å². The SMILES string of the molecule is CCOC(=O)c1ccc(COc2c(I)cc(I)cc2/C=c2/sc3n(c2=O)[C@H](c2ccc(OCC)c(OCC)c2)C(C(=O)OC)=CN=3)cc1. The summed E-state index contributed by atoms with van der Waals surface area (Å²) in [5.41, 5.74) is 2.57. The standard InChI is InChI=1S/C35H32I2N2O8S/c1-5-44-27-13-12-22(15-28(27)45-6-2)30-25(34(42)43-4)18-38-35-39(30)32(40)29(48-35)16-23-14-24(36)17-26(37)31(23)47-19-20-8-10-21(11-9-20)33(41)46-7-3/h8-18,30H,5-7,19H2,1-4H3/b29-16+/t30-/m1/s1. The highest BCUT2D eigenvalue weighted by Crippen LogP contribution is 2.35. The molecule has 4 aromatic rings. The minimum Gasteiger partial charge on any atom is -0.490 e. The van der Waals surface area contributed by atoms with Gasteiger partial charge in [0, 0.05) is 15.3 Å². The van der Waals surface area contributed by atoms with Gasteiger partial charge in [-0.3, -0.25) is 9.36 Å². The molecule has 250 valence electrons. The van der Waals surface area contributed by atoms with Crippen LogP contribution in [0, 0.1) is 7.14 Å². The third kappa shape index (κ3) is 7.78. The molecule has 0 radical (unpaired) electrons. The van der Waals surface area contributed by atoms with Crippen LogP contribution in [0.3, 0.4) is 0 Å². The van der Waals surface area contributed by atoms with E-state index in [4.69, 9.17) is 23.7 Å². The molecule has 0 saturated heterocycles. The lowest BCUT2D eigenvalue weighted by atomic mass is 9.97. The zero-order valence-corrected chi connectivity index (χ0v) is 31.7. The molecule has 0 unspecified atom stereocenters. The smallest absolute Gasteiger partial charge is 0.338 e. The Morgan fingerprint density at radius 2 is 1.65 bits per heavy atom. The van der Waals surface area contributed by atoms with Crippen molar-refractivity contribution in [1.82, 2.24) is 4.57 Å². The van der Waals surface area contributed by atoms with Crippen molar-refractivity contribution >= 4 is 74.5 Å². The molecule has 0 amide bonds. The van der Waals surface area contributed by atoms with Gasteiger partial charge in [-0.05, 0) is 120 Å². The molecule has 10 nitrogen and oxygen atoms in total. The molecule has 0 spiro atoms. The van der Waals surface area contributed by atoms with E-state index in [9.17, 15) is 14.4 Å². The molecule has 0 N–H and O–H groups in total. The van der Waals surface area contributed by atoms with Crippen molar-refractivity contribution in [2.75, 3.05) is 26.9 Å². The molecule has 0 aliphatic carbocycles. The maximum Gasteiger partial charge on any atom is 0.338 e. The lowest BCUT2D eigenvalue weighted by molar-refractivity contribution is -0.136. The summed E-state index contributed by atoms with van der Waals surface area (Å²) < 4.78 is 31.8. The van der Waals surface area contributed by atoms with Crippen LogP contribution in [0.5, 0.6) is 17.2 Å². The number of halogens is 2. The number of ether oxygens (including phenoxy) is 5. The van der Waals surface area contributed by atoms with E-state index in [0.29, 0.717) is 63.1 Å². The van der Waals surface area contributed by atoms with Gasteiger partial charge < -0.3 is 23.7 Å². The fourth-order valence-corrected chi connectivity index (χ4v) is 8.08. The number of methoxy groups -OCH3 is 1. The summed E-state index contributed by atoms with van der Waals surface area (Å²) in [6.07, 6.45) is 3.24. The molecule has 0 fully saturated rings. The van der Waals surface area contributed by atoms with Gasteiger partial charge in [-0.15, -0.1) is 0 Å². The normalized spacial score (nSPS) is 14.0. The van der Waals surface area contributed by atoms with Crippen molar-refractivity contribution in [1.29, 1.82) is 0 Å². The van der Waals surface area contributed by atoms with E-state index in [0.717, 1.165) is 12.7 Å². The number of carbonyl (C=O) groups excluding carboxylic acids is 2. The van der Waals surface area contributed by atoms with Crippen LogP contribution in [0.1, 0.15) is 53.9 Å². The molecular formula is C35H32I2N2O8S. The fraction of sp³-hybridized carbons (Fsp3) is 0.257. The summed E-state index contributed by atoms with van der Waals surface area (Å²) in [6.45, 7) is 6.92. The van der Waals surface area contributed by atoms with E-state index >= 15 is 0 Å². The molecule has 1 aliphatic heterocycles. The van der Waals surface area contributed by atoms with Crippen LogP contribution in [0.2, 0.25) is 0 Å². The number of fused-ring (bicyclic) bond motifs is 1. The first-order valence-electron chi connectivity index (χ1n) is 15.1. The van der Waals surface area contributed by atoms with E-state index in [2.05, 4.69) is 50.2 Å². The molecular weight excluding hydrogens is 862 g/mol. The largest absolute Gasteiger partial charge is 0.490 e. The first-order valence-corrected chi connectivity index (χ1v) is 18.0. The highest BCUT2D eigenvalue weighted by molar-refractivity contribution is 14.1. The highest BCUT2D eigenvalue weighted by Gasteiger charge is 2.31. The van der Waals surface area contributed by atoms with Crippen LogP contribution in [0.15, 0.2) is 76.2 Å². The number of nitrogens with zero attached hydrogens (tertiary/aromatic N) is 2. The highest BCUT2D eigenvalue weighted by atomic mass is 127. The minimum atomic E-state index is -0.810. The van der Waals surface area contributed by atoms with Gasteiger partial charge in [-0.2, -0.15) is 0 Å². The molecule has 3 aromatic carbocycles. The van der Waals surface area contributed by atoms with Crippen LogP contribution in [0.4, 0.5) is 0 Å². The molecule has 0 bridgehead atoms. The Morgan fingerprint density at radius 3 is 2.33 bits per heavy atom.